The first-order chi connectivity index (χ1) is 7.65. The standard InChI is InChI=1S/C13H15N3/c1-10-6-4-5-7-13(10)16-11(2)15(3)9-12(16)8-14/h4-7,9,11H,1-3H3/t11-/m0/s1. The van der Waals surface area contributed by atoms with Crippen LogP contribution < -0.4 is 4.90 Å². The highest BCUT2D eigenvalue weighted by molar-refractivity contribution is 5.62. The molecule has 0 fully saturated rings. The summed E-state index contributed by atoms with van der Waals surface area (Å²) >= 11 is 0. The summed E-state index contributed by atoms with van der Waals surface area (Å²) in [5.41, 5.74) is 2.99. The van der Waals surface area contributed by atoms with Crippen LogP contribution in [-0.4, -0.2) is 18.1 Å². The normalized spacial score (nSPS) is 19.6. The molecule has 0 aliphatic carbocycles. The smallest absolute Gasteiger partial charge is 0.138 e. The van der Waals surface area contributed by atoms with Crippen molar-refractivity contribution in [2.24, 2.45) is 0 Å². The molecule has 1 aromatic rings. The van der Waals surface area contributed by atoms with Gasteiger partial charge in [-0.25, -0.2) is 0 Å². The Morgan fingerprint density at radius 1 is 1.31 bits per heavy atom. The van der Waals surface area contributed by atoms with Crippen molar-refractivity contribution < 1.29 is 0 Å². The van der Waals surface area contributed by atoms with E-state index < -0.39 is 0 Å². The number of para-hydroxylation sites is 1. The van der Waals surface area contributed by atoms with Crippen LogP contribution in [0.5, 0.6) is 0 Å². The highest BCUT2D eigenvalue weighted by atomic mass is 15.4. The number of aryl methyl sites for hydroxylation is 1. The van der Waals surface area contributed by atoms with E-state index in [-0.39, 0.29) is 6.17 Å². The van der Waals surface area contributed by atoms with Gasteiger partial charge in [-0.3, -0.25) is 0 Å². The molecule has 1 aliphatic heterocycles. The summed E-state index contributed by atoms with van der Waals surface area (Å²) in [7, 11) is 1.99. The minimum atomic E-state index is 0.191. The number of benzene rings is 1. The van der Waals surface area contributed by atoms with Gasteiger partial charge in [0.15, 0.2) is 0 Å². The monoisotopic (exact) mass is 213 g/mol. The van der Waals surface area contributed by atoms with Gasteiger partial charge in [0.25, 0.3) is 0 Å². The zero-order valence-corrected chi connectivity index (χ0v) is 9.81. The fraction of sp³-hybridized carbons (Fsp3) is 0.308. The van der Waals surface area contributed by atoms with Crippen LogP contribution in [0.1, 0.15) is 12.5 Å². The Bertz CT molecular complexity index is 470. The van der Waals surface area contributed by atoms with Gasteiger partial charge in [-0.2, -0.15) is 5.26 Å². The van der Waals surface area contributed by atoms with Gasteiger partial charge in [0.05, 0.1) is 0 Å². The number of hydrogen-bond donors (Lipinski definition) is 0. The Labute approximate surface area is 96.2 Å². The van der Waals surface area contributed by atoms with Crippen molar-refractivity contribution >= 4 is 5.69 Å². The van der Waals surface area contributed by atoms with Crippen LogP contribution in [-0.2, 0) is 0 Å². The van der Waals surface area contributed by atoms with Crippen LogP contribution in [0.25, 0.3) is 0 Å². The van der Waals surface area contributed by atoms with E-state index >= 15 is 0 Å². The maximum atomic E-state index is 9.14. The molecule has 0 saturated heterocycles. The largest absolute Gasteiger partial charge is 0.358 e. The number of allylic oxidation sites excluding steroid dienone is 1. The minimum absolute atomic E-state index is 0.191. The molecule has 0 unspecified atom stereocenters. The van der Waals surface area contributed by atoms with Crippen molar-refractivity contribution in [3.05, 3.63) is 41.7 Å². The summed E-state index contributed by atoms with van der Waals surface area (Å²) in [6.07, 6.45) is 2.08. The Balaban J connectivity index is 2.46. The number of hydrogen-bond acceptors (Lipinski definition) is 3. The maximum Gasteiger partial charge on any atom is 0.138 e. The van der Waals surface area contributed by atoms with E-state index in [1.807, 2.05) is 30.3 Å². The second-order valence-corrected chi connectivity index (χ2v) is 4.08. The average molecular weight is 213 g/mol. The molecule has 2 rings (SSSR count). The van der Waals surface area contributed by atoms with E-state index in [9.17, 15) is 0 Å². The van der Waals surface area contributed by atoms with Gasteiger partial charge in [-0.1, -0.05) is 18.2 Å². The van der Waals surface area contributed by atoms with Crippen LogP contribution in [0.4, 0.5) is 5.69 Å². The fourth-order valence-electron chi connectivity index (χ4n) is 1.99. The highest BCUT2D eigenvalue weighted by Crippen LogP contribution is 2.30. The quantitative estimate of drug-likeness (QED) is 0.718. The Morgan fingerprint density at radius 3 is 2.62 bits per heavy atom. The van der Waals surface area contributed by atoms with Crippen LogP contribution in [0.15, 0.2) is 36.2 Å². The number of anilines is 1. The van der Waals surface area contributed by atoms with Crippen molar-refractivity contribution in [2.45, 2.75) is 20.0 Å². The molecular weight excluding hydrogens is 198 g/mol. The first-order valence-corrected chi connectivity index (χ1v) is 5.34. The maximum absolute atomic E-state index is 9.14. The lowest BCUT2D eigenvalue weighted by Gasteiger charge is -2.29. The topological polar surface area (TPSA) is 30.3 Å². The molecule has 82 valence electrons. The molecule has 0 spiro atoms. The first kappa shape index (κ1) is 10.6. The van der Waals surface area contributed by atoms with Crippen LogP contribution in [0.3, 0.4) is 0 Å². The molecule has 3 heteroatoms. The number of nitrogens with zero attached hydrogens (tertiary/aromatic N) is 3. The van der Waals surface area contributed by atoms with Crippen LogP contribution >= 0.6 is 0 Å². The molecule has 0 N–H and O–H groups in total. The zero-order chi connectivity index (χ0) is 11.7. The lowest BCUT2D eigenvalue weighted by Crippen LogP contribution is -2.35. The summed E-state index contributed by atoms with van der Waals surface area (Å²) in [5.74, 6) is 0. The number of nitriles is 1. The Morgan fingerprint density at radius 2 is 2.00 bits per heavy atom. The summed E-state index contributed by atoms with van der Waals surface area (Å²) in [5, 5.41) is 9.14. The van der Waals surface area contributed by atoms with E-state index in [0.29, 0.717) is 5.70 Å². The van der Waals surface area contributed by atoms with Crippen molar-refractivity contribution in [3.63, 3.8) is 0 Å². The van der Waals surface area contributed by atoms with E-state index in [2.05, 4.69) is 36.9 Å². The molecule has 1 aromatic carbocycles. The SMILES string of the molecule is Cc1ccccc1N1C(C#N)=CN(C)[C@@H]1C. The molecule has 1 heterocycles. The van der Waals surface area contributed by atoms with Gasteiger partial charge in [0, 0.05) is 18.9 Å². The van der Waals surface area contributed by atoms with Gasteiger partial charge in [0.1, 0.15) is 17.9 Å². The molecule has 0 amide bonds. The molecule has 0 radical (unpaired) electrons. The molecule has 0 bridgehead atoms. The van der Waals surface area contributed by atoms with Crippen LogP contribution in [0.2, 0.25) is 0 Å². The van der Waals surface area contributed by atoms with Crippen molar-refractivity contribution in [3.8, 4) is 6.07 Å². The van der Waals surface area contributed by atoms with Crippen molar-refractivity contribution in [1.82, 2.24) is 4.90 Å². The summed E-state index contributed by atoms with van der Waals surface area (Å²) in [6, 6.07) is 10.4. The molecule has 1 atom stereocenters. The van der Waals surface area contributed by atoms with Gasteiger partial charge < -0.3 is 9.80 Å². The molecule has 0 saturated carbocycles. The Hall–Kier alpha value is -1.95. The molecule has 16 heavy (non-hydrogen) atoms. The van der Waals surface area contributed by atoms with E-state index in [1.165, 1.54) is 5.56 Å². The second kappa shape index (κ2) is 3.90. The number of rotatable bonds is 1. The molecule has 1 aliphatic rings. The molecule has 3 nitrogen and oxygen atoms in total. The van der Waals surface area contributed by atoms with Crippen molar-refractivity contribution in [2.75, 3.05) is 11.9 Å². The third-order valence-electron chi connectivity index (χ3n) is 3.04. The highest BCUT2D eigenvalue weighted by Gasteiger charge is 2.28. The summed E-state index contributed by atoms with van der Waals surface area (Å²) < 4.78 is 0. The summed E-state index contributed by atoms with van der Waals surface area (Å²) in [6.45, 7) is 4.16. The van der Waals surface area contributed by atoms with Gasteiger partial charge in [0.2, 0.25) is 0 Å². The van der Waals surface area contributed by atoms with E-state index in [4.69, 9.17) is 5.26 Å². The molecule has 0 aromatic heterocycles. The minimum Gasteiger partial charge on any atom is -0.358 e. The second-order valence-electron chi connectivity index (χ2n) is 4.08. The van der Waals surface area contributed by atoms with Gasteiger partial charge in [-0.15, -0.1) is 0 Å². The fourth-order valence-corrected chi connectivity index (χ4v) is 1.99. The van der Waals surface area contributed by atoms with Gasteiger partial charge in [-0.05, 0) is 25.5 Å². The first-order valence-electron chi connectivity index (χ1n) is 5.34. The van der Waals surface area contributed by atoms with Crippen molar-refractivity contribution in [1.29, 1.82) is 5.26 Å². The summed E-state index contributed by atoms with van der Waals surface area (Å²) in [4.78, 5) is 4.11. The molecular formula is C13H15N3. The Kier molecular flexibility index (Phi) is 2.57. The third kappa shape index (κ3) is 1.53. The lowest BCUT2D eigenvalue weighted by molar-refractivity contribution is 0.382. The van der Waals surface area contributed by atoms with Gasteiger partial charge >= 0.3 is 0 Å². The van der Waals surface area contributed by atoms with E-state index in [1.54, 1.807) is 0 Å². The lowest BCUT2D eigenvalue weighted by atomic mass is 10.1. The zero-order valence-electron chi connectivity index (χ0n) is 9.81. The van der Waals surface area contributed by atoms with Crippen LogP contribution in [0, 0.1) is 18.3 Å². The average Bonchev–Trinajstić information content (AvgIpc) is 2.56. The van der Waals surface area contributed by atoms with E-state index in [0.717, 1.165) is 5.69 Å². The predicted molar refractivity (Wildman–Crippen MR) is 64.6 cm³/mol. The predicted octanol–water partition coefficient (Wildman–Crippen LogP) is 2.46. The third-order valence-corrected chi connectivity index (χ3v) is 3.04.